The van der Waals surface area contributed by atoms with Crippen LogP contribution in [0.15, 0.2) is 18.2 Å². The smallest absolute Gasteiger partial charge is 0.124 e. The molecule has 1 heterocycles. The molecule has 1 aromatic carbocycles. The molecule has 2 aliphatic rings. The summed E-state index contributed by atoms with van der Waals surface area (Å²) in [5.74, 6) is 0. The van der Waals surface area contributed by atoms with Gasteiger partial charge in [-0.25, -0.2) is 0 Å². The molecule has 1 aliphatic carbocycles. The van der Waals surface area contributed by atoms with Gasteiger partial charge < -0.3 is 5.32 Å². The van der Waals surface area contributed by atoms with E-state index in [0.29, 0.717) is 0 Å². The molecule has 0 amide bonds. The Morgan fingerprint density at radius 3 is 2.76 bits per heavy atom. The van der Waals surface area contributed by atoms with Crippen LogP contribution in [-0.2, 0) is 5.41 Å². The summed E-state index contributed by atoms with van der Waals surface area (Å²) in [5, 5.41) is 13.5. The number of benzene rings is 1. The molecule has 1 N–H and O–H groups in total. The highest BCUT2D eigenvalue weighted by atomic mass is 35.5. The van der Waals surface area contributed by atoms with Gasteiger partial charge in [0.05, 0.1) is 6.07 Å². The third-order valence-electron chi connectivity index (χ3n) is 4.25. The Morgan fingerprint density at radius 1 is 1.29 bits per heavy atom. The van der Waals surface area contributed by atoms with Crippen LogP contribution in [0.1, 0.15) is 37.7 Å². The highest BCUT2D eigenvalue weighted by molar-refractivity contribution is 6.30. The molecular weight excluding hydrogens is 232 g/mol. The summed E-state index contributed by atoms with van der Waals surface area (Å²) in [6.07, 6.45) is 5.92. The fraction of sp³-hybridized carbons (Fsp3) is 0.500. The highest BCUT2D eigenvalue weighted by Crippen LogP contribution is 2.50. The van der Waals surface area contributed by atoms with Crippen LogP contribution >= 0.6 is 11.6 Å². The van der Waals surface area contributed by atoms with Gasteiger partial charge in [0.15, 0.2) is 0 Å². The Bertz CT molecular complexity index is 483. The summed E-state index contributed by atoms with van der Waals surface area (Å²) in [4.78, 5) is 0. The molecule has 1 aromatic rings. The lowest BCUT2D eigenvalue weighted by Crippen LogP contribution is -2.39. The van der Waals surface area contributed by atoms with E-state index in [0.717, 1.165) is 23.6 Å². The summed E-state index contributed by atoms with van der Waals surface area (Å²) in [6, 6.07) is 8.30. The van der Waals surface area contributed by atoms with Crippen molar-refractivity contribution >= 4 is 17.3 Å². The fourth-order valence-corrected chi connectivity index (χ4v) is 3.57. The number of nitriles is 1. The molecule has 0 unspecified atom stereocenters. The van der Waals surface area contributed by atoms with E-state index < -0.39 is 0 Å². The zero-order valence-corrected chi connectivity index (χ0v) is 10.4. The van der Waals surface area contributed by atoms with Gasteiger partial charge >= 0.3 is 0 Å². The van der Waals surface area contributed by atoms with Crippen molar-refractivity contribution in [3.8, 4) is 6.07 Å². The number of fused-ring (bicyclic) bond motifs is 2. The number of halogens is 1. The van der Waals surface area contributed by atoms with Gasteiger partial charge in [-0.15, -0.1) is 0 Å². The molecule has 1 fully saturated rings. The quantitative estimate of drug-likeness (QED) is 0.755. The summed E-state index contributed by atoms with van der Waals surface area (Å²) in [7, 11) is 0. The van der Waals surface area contributed by atoms with E-state index in [1.807, 2.05) is 18.2 Å². The second-order valence-corrected chi connectivity index (χ2v) is 5.55. The number of hydrogen-bond acceptors (Lipinski definition) is 2. The lowest BCUT2D eigenvalue weighted by Gasteiger charge is -2.36. The van der Waals surface area contributed by atoms with E-state index in [-0.39, 0.29) is 11.5 Å². The van der Waals surface area contributed by atoms with Gasteiger partial charge in [-0.3, -0.25) is 0 Å². The van der Waals surface area contributed by atoms with Gasteiger partial charge in [0.2, 0.25) is 0 Å². The fourth-order valence-electron chi connectivity index (χ4n) is 3.40. The number of anilines is 1. The van der Waals surface area contributed by atoms with Crippen molar-refractivity contribution < 1.29 is 0 Å². The van der Waals surface area contributed by atoms with Crippen LogP contribution < -0.4 is 5.32 Å². The summed E-state index contributed by atoms with van der Waals surface area (Å²) in [5.41, 5.74) is 2.37. The molecule has 3 rings (SSSR count). The average molecular weight is 247 g/mol. The Labute approximate surface area is 107 Å². The maximum atomic E-state index is 9.38. The van der Waals surface area contributed by atoms with E-state index >= 15 is 0 Å². The topological polar surface area (TPSA) is 35.8 Å². The second kappa shape index (κ2) is 3.92. The molecule has 0 aromatic heterocycles. The maximum Gasteiger partial charge on any atom is 0.124 e. The van der Waals surface area contributed by atoms with Crippen LogP contribution in [0.3, 0.4) is 0 Å². The van der Waals surface area contributed by atoms with Gasteiger partial charge in [0, 0.05) is 16.1 Å². The molecule has 17 heavy (non-hydrogen) atoms. The van der Waals surface area contributed by atoms with Crippen molar-refractivity contribution in [1.29, 1.82) is 5.26 Å². The molecule has 0 radical (unpaired) electrons. The van der Waals surface area contributed by atoms with Gasteiger partial charge in [0.25, 0.3) is 0 Å². The van der Waals surface area contributed by atoms with E-state index in [2.05, 4.69) is 11.4 Å². The zero-order valence-electron chi connectivity index (χ0n) is 9.67. The Balaban J connectivity index is 2.12. The number of rotatable bonds is 0. The summed E-state index contributed by atoms with van der Waals surface area (Å²) >= 11 is 6.11. The van der Waals surface area contributed by atoms with E-state index in [9.17, 15) is 5.26 Å². The molecule has 1 atom stereocenters. The molecule has 0 bridgehead atoms. The van der Waals surface area contributed by atoms with Gasteiger partial charge in [-0.1, -0.05) is 30.9 Å². The third-order valence-corrected chi connectivity index (χ3v) is 4.48. The molecule has 0 saturated heterocycles. The monoisotopic (exact) mass is 246 g/mol. The molecule has 3 heteroatoms. The highest BCUT2D eigenvalue weighted by Gasteiger charge is 2.47. The molecule has 1 aliphatic heterocycles. The first-order valence-corrected chi connectivity index (χ1v) is 6.60. The molecule has 88 valence electrons. The number of hydrogen-bond donors (Lipinski definition) is 1. The minimum atomic E-state index is -0.0868. The van der Waals surface area contributed by atoms with Crippen molar-refractivity contribution in [1.82, 2.24) is 0 Å². The molecular formula is C14H15ClN2. The molecule has 1 spiro atoms. The van der Waals surface area contributed by atoms with Crippen LogP contribution in [0.25, 0.3) is 0 Å². The lowest BCUT2D eigenvalue weighted by molar-refractivity contribution is 0.293. The van der Waals surface area contributed by atoms with Crippen molar-refractivity contribution in [3.05, 3.63) is 28.8 Å². The average Bonchev–Trinajstić information content (AvgIpc) is 2.65. The predicted octanol–water partition coefficient (Wildman–Crippen LogP) is 3.86. The van der Waals surface area contributed by atoms with Gasteiger partial charge in [-0.05, 0) is 36.6 Å². The Kier molecular flexibility index (Phi) is 2.52. The lowest BCUT2D eigenvalue weighted by atomic mass is 9.67. The van der Waals surface area contributed by atoms with Crippen LogP contribution in [0.2, 0.25) is 5.02 Å². The minimum Gasteiger partial charge on any atom is -0.369 e. The van der Waals surface area contributed by atoms with E-state index in [4.69, 9.17) is 11.6 Å². The van der Waals surface area contributed by atoms with E-state index in [1.54, 1.807) is 0 Å². The summed E-state index contributed by atoms with van der Waals surface area (Å²) < 4.78 is 0. The van der Waals surface area contributed by atoms with Crippen LogP contribution in [0.4, 0.5) is 5.69 Å². The predicted molar refractivity (Wildman–Crippen MR) is 69.2 cm³/mol. The van der Waals surface area contributed by atoms with Crippen LogP contribution in [0.5, 0.6) is 0 Å². The largest absolute Gasteiger partial charge is 0.369 e. The normalized spacial score (nSPS) is 25.1. The zero-order chi connectivity index (χ0) is 11.9. The minimum absolute atomic E-state index is 0.00718. The first-order chi connectivity index (χ1) is 8.26. The first kappa shape index (κ1) is 10.9. The molecule has 2 nitrogen and oxygen atoms in total. The molecule has 1 saturated carbocycles. The first-order valence-electron chi connectivity index (χ1n) is 6.22. The maximum absolute atomic E-state index is 9.38. The standard InChI is InChI=1S/C14H15ClN2/c15-10-4-5-12-11(8-10)14(13(9-16)17-12)6-2-1-3-7-14/h4-5,8,13,17H,1-3,6-7H2/t13-/m1/s1. The van der Waals surface area contributed by atoms with Gasteiger partial charge in [-0.2, -0.15) is 5.26 Å². The van der Waals surface area contributed by atoms with Gasteiger partial charge in [0.1, 0.15) is 6.04 Å². The van der Waals surface area contributed by atoms with E-state index in [1.165, 1.54) is 24.8 Å². The summed E-state index contributed by atoms with van der Waals surface area (Å²) in [6.45, 7) is 0. The Hall–Kier alpha value is -1.20. The third kappa shape index (κ3) is 1.53. The Morgan fingerprint density at radius 2 is 2.06 bits per heavy atom. The van der Waals surface area contributed by atoms with Crippen molar-refractivity contribution in [2.24, 2.45) is 0 Å². The number of nitrogens with one attached hydrogen (secondary N) is 1. The van der Waals surface area contributed by atoms with Crippen LogP contribution in [-0.4, -0.2) is 6.04 Å². The SMILES string of the molecule is N#C[C@H]1Nc2ccc(Cl)cc2C12CCCCC2. The van der Waals surface area contributed by atoms with Crippen LogP contribution in [0, 0.1) is 11.3 Å². The number of nitrogens with zero attached hydrogens (tertiary/aromatic N) is 1. The van der Waals surface area contributed by atoms with Crippen molar-refractivity contribution in [3.63, 3.8) is 0 Å². The van der Waals surface area contributed by atoms with Crippen molar-refractivity contribution in [2.75, 3.05) is 5.32 Å². The second-order valence-electron chi connectivity index (χ2n) is 5.11. The van der Waals surface area contributed by atoms with Crippen molar-refractivity contribution in [2.45, 2.75) is 43.6 Å².